The number of benzene rings is 2. The number of carboxylic acids is 1. The van der Waals surface area contributed by atoms with E-state index in [1.54, 1.807) is 6.92 Å². The molecule has 0 aliphatic heterocycles. The normalized spacial score (nSPS) is 13.4. The van der Waals surface area contributed by atoms with Crippen LogP contribution in [0.4, 0.5) is 0 Å². The molecule has 28 heavy (non-hydrogen) atoms. The van der Waals surface area contributed by atoms with E-state index in [9.17, 15) is 19.8 Å². The Bertz CT molecular complexity index is 822. The van der Waals surface area contributed by atoms with Gasteiger partial charge >= 0.3 is 5.97 Å². The van der Waals surface area contributed by atoms with E-state index in [4.69, 9.17) is 0 Å². The van der Waals surface area contributed by atoms with Gasteiger partial charge in [0.15, 0.2) is 5.76 Å². The first-order chi connectivity index (χ1) is 13.4. The molecule has 1 amide bonds. The van der Waals surface area contributed by atoms with Crippen molar-refractivity contribution in [3.8, 4) is 11.1 Å². The van der Waals surface area contributed by atoms with Gasteiger partial charge in [-0.2, -0.15) is 0 Å². The van der Waals surface area contributed by atoms with E-state index < -0.39 is 29.6 Å². The molecule has 3 atom stereocenters. The van der Waals surface area contributed by atoms with Crippen molar-refractivity contribution in [2.24, 2.45) is 5.92 Å². The molecule has 0 aliphatic rings. The zero-order chi connectivity index (χ0) is 20.5. The number of amides is 1. The maximum atomic E-state index is 12.1. The molecular weight excluding hydrogens is 375 g/mol. The zero-order valence-electron chi connectivity index (χ0n) is 15.6. The van der Waals surface area contributed by atoms with Crippen LogP contribution in [-0.2, 0) is 16.0 Å². The smallest absolute Gasteiger partial charge is 0.306 e. The summed E-state index contributed by atoms with van der Waals surface area (Å²) in [6.45, 7) is 1.60. The molecule has 0 saturated heterocycles. The standard InChI is InChI=1S/C21H25N2O4P/c1-14(21(26)27)11-18(23-20(25)19(24)13-22-28)12-15-7-9-17(10-8-15)16-5-3-2-4-6-16/h2-10,13-14,18,22,24H,11-12,28H2,1H3,(H,23,25)(H,26,27)/b19-13-/t14-,18+/m1/s1. The molecular formula is C21H25N2O4P. The molecule has 0 bridgehead atoms. The highest BCUT2D eigenvalue weighted by Crippen LogP contribution is 2.20. The highest BCUT2D eigenvalue weighted by molar-refractivity contribution is 7.13. The molecule has 148 valence electrons. The summed E-state index contributed by atoms with van der Waals surface area (Å²) in [7, 11) is 2.15. The molecule has 2 aromatic rings. The average molecular weight is 400 g/mol. The minimum Gasteiger partial charge on any atom is -0.502 e. The van der Waals surface area contributed by atoms with Crippen LogP contribution in [0.15, 0.2) is 66.6 Å². The van der Waals surface area contributed by atoms with Crippen molar-refractivity contribution < 1.29 is 19.8 Å². The van der Waals surface area contributed by atoms with E-state index in [-0.39, 0.29) is 6.42 Å². The Balaban J connectivity index is 2.13. The fraction of sp³-hybridized carbons (Fsp3) is 0.238. The van der Waals surface area contributed by atoms with E-state index in [1.165, 1.54) is 0 Å². The Morgan fingerprint density at radius 2 is 1.64 bits per heavy atom. The summed E-state index contributed by atoms with van der Waals surface area (Å²) in [6, 6.07) is 17.5. The maximum Gasteiger partial charge on any atom is 0.306 e. The summed E-state index contributed by atoms with van der Waals surface area (Å²) < 4.78 is 0. The number of carbonyl (C=O) groups excluding carboxylic acids is 1. The minimum absolute atomic E-state index is 0.253. The number of aliphatic carboxylic acids is 1. The van der Waals surface area contributed by atoms with Gasteiger partial charge in [-0.25, -0.2) is 0 Å². The third-order valence-corrected chi connectivity index (χ3v) is 4.56. The molecule has 0 aromatic heterocycles. The monoisotopic (exact) mass is 400 g/mol. The van der Waals surface area contributed by atoms with Crippen LogP contribution in [0.3, 0.4) is 0 Å². The van der Waals surface area contributed by atoms with E-state index in [2.05, 4.69) is 19.8 Å². The van der Waals surface area contributed by atoms with Gasteiger partial charge in [0.25, 0.3) is 5.91 Å². The number of hydrogen-bond donors (Lipinski definition) is 4. The Hall–Kier alpha value is -2.85. The molecule has 0 heterocycles. The van der Waals surface area contributed by atoms with Crippen LogP contribution < -0.4 is 10.4 Å². The summed E-state index contributed by atoms with van der Waals surface area (Å²) in [5.41, 5.74) is 3.16. The van der Waals surface area contributed by atoms with Gasteiger partial charge in [-0.1, -0.05) is 61.5 Å². The van der Waals surface area contributed by atoms with E-state index in [0.717, 1.165) is 22.9 Å². The molecule has 2 aromatic carbocycles. The lowest BCUT2D eigenvalue weighted by atomic mass is 9.95. The summed E-state index contributed by atoms with van der Waals surface area (Å²) >= 11 is 0. The van der Waals surface area contributed by atoms with E-state index in [1.807, 2.05) is 54.6 Å². The van der Waals surface area contributed by atoms with Crippen LogP contribution in [0.1, 0.15) is 18.9 Å². The van der Waals surface area contributed by atoms with Crippen molar-refractivity contribution in [2.75, 3.05) is 0 Å². The Morgan fingerprint density at radius 1 is 1.04 bits per heavy atom. The maximum absolute atomic E-state index is 12.1. The highest BCUT2D eigenvalue weighted by atomic mass is 31.0. The van der Waals surface area contributed by atoms with Crippen molar-refractivity contribution in [3.05, 3.63) is 72.1 Å². The molecule has 4 N–H and O–H groups in total. The molecule has 0 radical (unpaired) electrons. The first-order valence-electron chi connectivity index (χ1n) is 8.94. The van der Waals surface area contributed by atoms with Crippen LogP contribution in [0.5, 0.6) is 0 Å². The molecule has 0 saturated carbocycles. The molecule has 0 fully saturated rings. The average Bonchev–Trinajstić information content (AvgIpc) is 2.69. The lowest BCUT2D eigenvalue weighted by molar-refractivity contribution is -0.141. The van der Waals surface area contributed by atoms with Gasteiger partial charge in [-0.15, -0.1) is 0 Å². The van der Waals surface area contributed by atoms with Gasteiger partial charge in [0.2, 0.25) is 0 Å². The Labute approximate surface area is 166 Å². The van der Waals surface area contributed by atoms with Gasteiger partial charge in [-0.3, -0.25) is 9.59 Å². The molecule has 0 aliphatic carbocycles. The SMILES string of the molecule is C[C@H](C[C@@H](Cc1ccc(-c2ccccc2)cc1)NC(=O)/C(O)=C/NP)C(=O)O. The van der Waals surface area contributed by atoms with Gasteiger partial charge in [0.1, 0.15) is 0 Å². The highest BCUT2D eigenvalue weighted by Gasteiger charge is 2.21. The molecule has 6 nitrogen and oxygen atoms in total. The Morgan fingerprint density at radius 3 is 2.21 bits per heavy atom. The number of aliphatic hydroxyl groups excluding tert-OH is 1. The third kappa shape index (κ3) is 6.39. The van der Waals surface area contributed by atoms with Crippen LogP contribution in [0.25, 0.3) is 11.1 Å². The second-order valence-corrected chi connectivity index (χ2v) is 6.94. The van der Waals surface area contributed by atoms with Crippen molar-refractivity contribution in [1.29, 1.82) is 0 Å². The fourth-order valence-corrected chi connectivity index (χ4v) is 3.03. The zero-order valence-corrected chi connectivity index (χ0v) is 16.8. The van der Waals surface area contributed by atoms with Crippen LogP contribution in [0, 0.1) is 5.92 Å². The summed E-state index contributed by atoms with van der Waals surface area (Å²) in [4.78, 5) is 23.3. The van der Waals surface area contributed by atoms with Crippen LogP contribution in [0.2, 0.25) is 0 Å². The second kappa shape index (κ2) is 10.5. The fourth-order valence-electron chi connectivity index (χ4n) is 2.87. The van der Waals surface area contributed by atoms with E-state index in [0.29, 0.717) is 6.42 Å². The van der Waals surface area contributed by atoms with Gasteiger partial charge in [0.05, 0.1) is 5.92 Å². The molecule has 1 unspecified atom stereocenters. The second-order valence-electron chi connectivity index (χ2n) is 6.61. The molecule has 0 spiro atoms. The predicted molar refractivity (Wildman–Crippen MR) is 112 cm³/mol. The van der Waals surface area contributed by atoms with Gasteiger partial charge < -0.3 is 20.6 Å². The summed E-state index contributed by atoms with van der Waals surface area (Å²) in [5.74, 6) is -2.68. The van der Waals surface area contributed by atoms with Crippen molar-refractivity contribution in [1.82, 2.24) is 10.4 Å². The number of aliphatic hydroxyl groups is 1. The quantitative estimate of drug-likeness (QED) is 0.294. The first-order valence-corrected chi connectivity index (χ1v) is 9.51. The van der Waals surface area contributed by atoms with E-state index >= 15 is 0 Å². The first kappa shape index (κ1) is 21.5. The lowest BCUT2D eigenvalue weighted by Gasteiger charge is -2.21. The van der Waals surface area contributed by atoms with Crippen LogP contribution in [-0.4, -0.2) is 28.1 Å². The van der Waals surface area contributed by atoms with Crippen LogP contribution >= 0.6 is 9.39 Å². The minimum atomic E-state index is -0.926. The Kier molecular flexibility index (Phi) is 8.02. The van der Waals surface area contributed by atoms with Crippen molar-refractivity contribution in [3.63, 3.8) is 0 Å². The van der Waals surface area contributed by atoms with Gasteiger partial charge in [-0.05, 0) is 38.9 Å². The third-order valence-electron chi connectivity index (χ3n) is 4.39. The summed E-state index contributed by atoms with van der Waals surface area (Å²) in [5, 5.41) is 24.1. The number of carboxylic acid groups (broad SMARTS) is 1. The van der Waals surface area contributed by atoms with Gasteiger partial charge in [0, 0.05) is 12.2 Å². The summed E-state index contributed by atoms with van der Waals surface area (Å²) in [6.07, 6.45) is 1.86. The number of hydrogen-bond acceptors (Lipinski definition) is 4. The molecule has 2 rings (SSSR count). The number of rotatable bonds is 9. The van der Waals surface area contributed by atoms with Crippen molar-refractivity contribution >= 4 is 21.3 Å². The number of nitrogens with one attached hydrogen (secondary N) is 2. The van der Waals surface area contributed by atoms with Crippen molar-refractivity contribution in [2.45, 2.75) is 25.8 Å². The largest absolute Gasteiger partial charge is 0.502 e. The lowest BCUT2D eigenvalue weighted by Crippen LogP contribution is -2.39. The molecule has 7 heteroatoms. The number of carbonyl (C=O) groups is 2. The topological polar surface area (TPSA) is 98.7 Å². The predicted octanol–water partition coefficient (Wildman–Crippen LogP) is 3.27.